The van der Waals surface area contributed by atoms with Gasteiger partial charge in [-0.3, -0.25) is 9.59 Å². The zero-order chi connectivity index (χ0) is 19.9. The molecule has 3 rings (SSSR count). The minimum absolute atomic E-state index is 0.0663. The summed E-state index contributed by atoms with van der Waals surface area (Å²) in [5.41, 5.74) is 3.34. The number of fused-ring (bicyclic) bond motifs is 1. The van der Waals surface area contributed by atoms with Gasteiger partial charge in [-0.2, -0.15) is 0 Å². The molecule has 1 heterocycles. The molecule has 0 spiro atoms. The van der Waals surface area contributed by atoms with Crippen LogP contribution in [0.4, 0.5) is 0 Å². The molecule has 6 heteroatoms. The van der Waals surface area contributed by atoms with Crippen LogP contribution in [0.2, 0.25) is 5.02 Å². The maximum Gasteiger partial charge on any atom is 0.239 e. The van der Waals surface area contributed by atoms with E-state index in [-0.39, 0.29) is 18.4 Å². The van der Waals surface area contributed by atoms with Crippen LogP contribution in [-0.4, -0.2) is 41.3 Å². The van der Waals surface area contributed by atoms with Gasteiger partial charge in [-0.25, -0.2) is 0 Å². The van der Waals surface area contributed by atoms with Crippen LogP contribution in [0.3, 0.4) is 0 Å². The van der Waals surface area contributed by atoms with Gasteiger partial charge in [0, 0.05) is 42.1 Å². The predicted molar refractivity (Wildman–Crippen MR) is 112 cm³/mol. The average molecular weight is 398 g/mol. The average Bonchev–Trinajstić information content (AvgIpc) is 3.09. The smallest absolute Gasteiger partial charge is 0.239 e. The number of carbonyl (C=O) groups excluding carboxylic acids is 2. The number of nitrogens with zero attached hydrogens (tertiary/aromatic N) is 1. The number of H-pyrrole nitrogens is 1. The van der Waals surface area contributed by atoms with E-state index < -0.39 is 0 Å². The summed E-state index contributed by atoms with van der Waals surface area (Å²) in [4.78, 5) is 29.0. The summed E-state index contributed by atoms with van der Waals surface area (Å²) in [7, 11) is 0. The highest BCUT2D eigenvalue weighted by Crippen LogP contribution is 2.17. The maximum atomic E-state index is 12.3. The molecule has 3 aromatic rings. The first-order valence-electron chi connectivity index (χ1n) is 9.34. The normalized spacial score (nSPS) is 10.8. The van der Waals surface area contributed by atoms with Crippen molar-refractivity contribution in [3.8, 4) is 0 Å². The van der Waals surface area contributed by atoms with Crippen molar-refractivity contribution in [2.45, 2.75) is 19.8 Å². The van der Waals surface area contributed by atoms with Crippen molar-refractivity contribution < 1.29 is 9.59 Å². The second-order valence-electron chi connectivity index (χ2n) is 6.78. The van der Waals surface area contributed by atoms with Crippen molar-refractivity contribution >= 4 is 34.3 Å². The quantitative estimate of drug-likeness (QED) is 0.610. The number of amides is 2. The van der Waals surface area contributed by atoms with Crippen LogP contribution in [0.25, 0.3) is 10.9 Å². The molecule has 0 fully saturated rings. The minimum Gasteiger partial charge on any atom is -0.361 e. The van der Waals surface area contributed by atoms with E-state index in [0.29, 0.717) is 24.5 Å². The molecule has 146 valence electrons. The molecule has 0 aliphatic rings. The number of carbonyl (C=O) groups is 2. The van der Waals surface area contributed by atoms with Crippen molar-refractivity contribution in [3.05, 3.63) is 70.9 Å². The number of hydrogen-bond acceptors (Lipinski definition) is 2. The fourth-order valence-electron chi connectivity index (χ4n) is 3.17. The lowest BCUT2D eigenvalue weighted by molar-refractivity contribution is -0.134. The van der Waals surface area contributed by atoms with Crippen molar-refractivity contribution in [2.24, 2.45) is 0 Å². The third-order valence-electron chi connectivity index (χ3n) is 4.75. The summed E-state index contributed by atoms with van der Waals surface area (Å²) in [6.07, 6.45) is 3.39. The number of para-hydroxylation sites is 1. The Morgan fingerprint density at radius 1 is 1.07 bits per heavy atom. The Morgan fingerprint density at radius 3 is 2.57 bits per heavy atom. The molecule has 0 aliphatic carbocycles. The molecule has 2 amide bonds. The van der Waals surface area contributed by atoms with Crippen LogP contribution >= 0.6 is 11.6 Å². The Bertz CT molecular complexity index is 950. The van der Waals surface area contributed by atoms with Gasteiger partial charge in [0.15, 0.2) is 0 Å². The molecular formula is C22H24ClN3O2. The Kier molecular flexibility index (Phi) is 6.71. The van der Waals surface area contributed by atoms with Crippen LogP contribution < -0.4 is 5.32 Å². The summed E-state index contributed by atoms with van der Waals surface area (Å²) in [6, 6.07) is 15.6. The number of aromatic nitrogens is 1. The Hall–Kier alpha value is -2.79. The lowest BCUT2D eigenvalue weighted by Gasteiger charge is -2.20. The number of rotatable bonds is 8. The van der Waals surface area contributed by atoms with Crippen LogP contribution in [0.1, 0.15) is 18.1 Å². The third kappa shape index (κ3) is 5.36. The van der Waals surface area contributed by atoms with Crippen LogP contribution in [0.15, 0.2) is 54.7 Å². The number of hydrogen-bond donors (Lipinski definition) is 2. The molecule has 0 saturated carbocycles. The number of aromatic amines is 1. The summed E-state index contributed by atoms with van der Waals surface area (Å²) in [6.45, 7) is 2.58. The number of benzene rings is 2. The van der Waals surface area contributed by atoms with E-state index >= 15 is 0 Å². The molecule has 5 nitrogen and oxygen atoms in total. The summed E-state index contributed by atoms with van der Waals surface area (Å²) in [5, 5.41) is 4.77. The predicted octanol–water partition coefficient (Wildman–Crippen LogP) is 3.57. The fraction of sp³-hybridized carbons (Fsp3) is 0.273. The lowest BCUT2D eigenvalue weighted by Crippen LogP contribution is -2.41. The van der Waals surface area contributed by atoms with E-state index in [2.05, 4.69) is 16.4 Å². The third-order valence-corrected chi connectivity index (χ3v) is 5.01. The van der Waals surface area contributed by atoms with Gasteiger partial charge in [-0.05, 0) is 42.2 Å². The first-order chi connectivity index (χ1) is 13.5. The van der Waals surface area contributed by atoms with Crippen LogP contribution in [0, 0.1) is 0 Å². The van der Waals surface area contributed by atoms with Gasteiger partial charge in [0.2, 0.25) is 11.8 Å². The molecule has 0 radical (unpaired) electrons. The first-order valence-corrected chi connectivity index (χ1v) is 9.72. The molecule has 0 saturated heterocycles. The molecule has 0 atom stereocenters. The van der Waals surface area contributed by atoms with Gasteiger partial charge < -0.3 is 15.2 Å². The second-order valence-corrected chi connectivity index (χ2v) is 7.21. The monoisotopic (exact) mass is 397 g/mol. The fourth-order valence-corrected chi connectivity index (χ4v) is 3.29. The number of halogens is 1. The van der Waals surface area contributed by atoms with E-state index in [4.69, 9.17) is 11.6 Å². The van der Waals surface area contributed by atoms with Gasteiger partial charge in [0.1, 0.15) is 0 Å². The highest BCUT2D eigenvalue weighted by molar-refractivity contribution is 6.30. The minimum atomic E-state index is -0.147. The topological polar surface area (TPSA) is 65.2 Å². The van der Waals surface area contributed by atoms with Crippen LogP contribution in [0.5, 0.6) is 0 Å². The zero-order valence-electron chi connectivity index (χ0n) is 15.9. The Labute approximate surface area is 169 Å². The standard InChI is InChI=1S/C22H24ClN3O2/c1-16(27)26(13-11-17-6-8-19(23)9-7-17)15-22(28)24-12-10-18-14-25-21-5-3-2-4-20(18)21/h2-9,14,25H,10-13,15H2,1H3,(H,24,28). The molecule has 2 N–H and O–H groups in total. The first kappa shape index (κ1) is 20.0. The molecule has 1 aromatic heterocycles. The maximum absolute atomic E-state index is 12.3. The van der Waals surface area contributed by atoms with E-state index in [9.17, 15) is 9.59 Å². The van der Waals surface area contributed by atoms with E-state index in [1.165, 1.54) is 17.9 Å². The van der Waals surface area contributed by atoms with Crippen molar-refractivity contribution in [1.82, 2.24) is 15.2 Å². The molecule has 2 aromatic carbocycles. The van der Waals surface area contributed by atoms with Gasteiger partial charge in [-0.1, -0.05) is 41.9 Å². The van der Waals surface area contributed by atoms with Crippen LogP contribution in [-0.2, 0) is 22.4 Å². The van der Waals surface area contributed by atoms with Gasteiger partial charge in [-0.15, -0.1) is 0 Å². The Balaban J connectivity index is 1.47. The van der Waals surface area contributed by atoms with Crippen molar-refractivity contribution in [1.29, 1.82) is 0 Å². The molecule has 28 heavy (non-hydrogen) atoms. The zero-order valence-corrected chi connectivity index (χ0v) is 16.6. The largest absolute Gasteiger partial charge is 0.361 e. The van der Waals surface area contributed by atoms with Crippen molar-refractivity contribution in [3.63, 3.8) is 0 Å². The SMILES string of the molecule is CC(=O)N(CCc1ccc(Cl)cc1)CC(=O)NCCc1c[nH]c2ccccc12. The molecule has 0 aliphatic heterocycles. The van der Waals surface area contributed by atoms with Crippen molar-refractivity contribution in [2.75, 3.05) is 19.6 Å². The number of nitrogens with one attached hydrogen (secondary N) is 2. The summed E-state index contributed by atoms with van der Waals surface area (Å²) < 4.78 is 0. The van der Waals surface area contributed by atoms with E-state index in [1.807, 2.05) is 48.7 Å². The highest BCUT2D eigenvalue weighted by atomic mass is 35.5. The summed E-state index contributed by atoms with van der Waals surface area (Å²) in [5.74, 6) is -0.258. The van der Waals surface area contributed by atoms with E-state index in [1.54, 1.807) is 4.90 Å². The molecule has 0 bridgehead atoms. The van der Waals surface area contributed by atoms with Gasteiger partial charge in [0.25, 0.3) is 0 Å². The second kappa shape index (κ2) is 9.42. The van der Waals surface area contributed by atoms with E-state index in [0.717, 1.165) is 17.5 Å². The van der Waals surface area contributed by atoms with Gasteiger partial charge in [0.05, 0.1) is 6.54 Å². The molecule has 0 unspecified atom stereocenters. The lowest BCUT2D eigenvalue weighted by atomic mass is 10.1. The highest BCUT2D eigenvalue weighted by Gasteiger charge is 2.13. The van der Waals surface area contributed by atoms with Gasteiger partial charge >= 0.3 is 0 Å². The Morgan fingerprint density at radius 2 is 1.82 bits per heavy atom. The molecular weight excluding hydrogens is 374 g/mol. The summed E-state index contributed by atoms with van der Waals surface area (Å²) >= 11 is 5.89.